The maximum Gasteiger partial charge on any atom is 0.0728 e. The molecule has 0 bridgehead atoms. The van der Waals surface area contributed by atoms with Gasteiger partial charge in [0.15, 0.2) is 0 Å². The largest absolute Gasteiger partial charge is 0.338 e. The molecule has 0 saturated carbocycles. The van der Waals surface area contributed by atoms with Crippen molar-refractivity contribution >= 4 is 56.9 Å². The van der Waals surface area contributed by atoms with Crippen LogP contribution in [0.3, 0.4) is 0 Å². The van der Waals surface area contributed by atoms with E-state index in [2.05, 4.69) is 339 Å². The van der Waals surface area contributed by atoms with E-state index in [9.17, 15) is 0 Å². The smallest absolute Gasteiger partial charge is 0.0728 e. The second-order valence-electron chi connectivity index (χ2n) is 20.3. The van der Waals surface area contributed by atoms with Crippen LogP contribution in [0.2, 0.25) is 0 Å². The molecule has 2 aliphatic rings. The Balaban J connectivity index is 1.19. The fourth-order valence-corrected chi connectivity index (χ4v) is 12.1. The van der Waals surface area contributed by atoms with Gasteiger partial charge in [-0.3, -0.25) is 0 Å². The molecule has 2 aliphatic carbocycles. The van der Waals surface area contributed by atoms with Crippen LogP contribution in [-0.4, -0.2) is 6.54 Å². The second-order valence-corrected chi connectivity index (χ2v) is 20.3. The van der Waals surface area contributed by atoms with Gasteiger partial charge in [0.25, 0.3) is 0 Å². The van der Waals surface area contributed by atoms with Crippen molar-refractivity contribution in [1.29, 1.82) is 0 Å². The zero-order valence-electron chi connectivity index (χ0n) is 45.4. The van der Waals surface area contributed by atoms with Gasteiger partial charge in [0.05, 0.1) is 5.41 Å². The predicted octanol–water partition coefficient (Wildman–Crippen LogP) is 20.6. The summed E-state index contributed by atoms with van der Waals surface area (Å²) in [5, 5.41) is 0. The highest BCUT2D eigenvalue weighted by Gasteiger charge is 2.53. The molecule has 1 unspecified atom stereocenters. The highest BCUT2D eigenvalue weighted by Crippen LogP contribution is 2.65. The third-order valence-corrected chi connectivity index (χ3v) is 15.6. The molecule has 10 aromatic carbocycles. The Hall–Kier alpha value is -9.64. The topological polar surface area (TPSA) is 13.0 Å². The summed E-state index contributed by atoms with van der Waals surface area (Å²) in [5.74, 6) is 0. The average molecular weight is 1020 g/mol. The minimum Gasteiger partial charge on any atom is -0.338 e. The molecule has 0 heterocycles. The van der Waals surface area contributed by atoms with Crippen molar-refractivity contribution in [2.24, 2.45) is 0 Å². The van der Waals surface area contributed by atoms with Crippen molar-refractivity contribution in [3.05, 3.63) is 325 Å². The fourth-order valence-electron chi connectivity index (χ4n) is 12.1. The second kappa shape index (κ2) is 22.1. The van der Waals surface area contributed by atoms with E-state index in [4.69, 9.17) is 0 Å². The van der Waals surface area contributed by atoms with Gasteiger partial charge in [-0.25, -0.2) is 0 Å². The van der Waals surface area contributed by atoms with Crippen molar-refractivity contribution in [3.8, 4) is 22.3 Å². The van der Waals surface area contributed by atoms with Gasteiger partial charge in [-0.2, -0.15) is 0 Å². The van der Waals surface area contributed by atoms with Gasteiger partial charge >= 0.3 is 0 Å². The Morgan fingerprint density at radius 3 is 1.30 bits per heavy atom. The Morgan fingerprint density at radius 2 is 0.797 bits per heavy atom. The number of anilines is 10. The number of hydrogen-bond acceptors (Lipinski definition) is 4. The van der Waals surface area contributed by atoms with Crippen molar-refractivity contribution in [1.82, 2.24) is 0 Å². The SMILES string of the molecule is C/C=C\C=C(/C)N(c1ccccc1)c1ccc2c(c1)C1(c3cc(N(C/C=C\C=C/CC)c4ccccc4)ccc3-c3ccc(N(c4ccccc4)c4ccccc4)cc31)c1cc(N(c3ccccc3)c3ccccc3C)ccc1-2. The number of rotatable bonds is 16. The molecule has 4 nitrogen and oxygen atoms in total. The molecule has 0 aromatic heterocycles. The molecular weight excluding hydrogens is 957 g/mol. The standard InChI is InChI=1S/C75H64N4/c1-5-7-9-10-28-50-76(57-31-16-11-17-32-57)62-42-46-66-68-48-44-64(78(59-35-20-13-21-36-59)60-37-22-14-23-38-60)53-72(68)75(70(66)51-62)71-52-63(77(56(4)30-8-6-2)58-33-18-12-19-34-58)43-47-67(71)69-49-45-65(54-73(69)75)79(61-39-24-15-25-40-61)74-41-27-26-29-55(74)3/h6-49,51-54H,5,50H2,1-4H3/b8-6-,9-7-,28-10-,56-30+. The first kappa shape index (κ1) is 50.2. The molecule has 0 radical (unpaired) electrons. The molecule has 1 atom stereocenters. The molecular formula is C75H64N4. The Labute approximate surface area is 467 Å². The lowest BCUT2D eigenvalue weighted by Gasteiger charge is -2.35. The maximum atomic E-state index is 2.52. The summed E-state index contributed by atoms with van der Waals surface area (Å²) < 4.78 is 0. The molecule has 79 heavy (non-hydrogen) atoms. The summed E-state index contributed by atoms with van der Waals surface area (Å²) in [4.78, 5) is 9.71. The van der Waals surface area contributed by atoms with E-state index in [0.29, 0.717) is 6.54 Å². The lowest BCUT2D eigenvalue weighted by molar-refractivity contribution is 0.792. The highest BCUT2D eigenvalue weighted by atomic mass is 15.2. The first-order valence-corrected chi connectivity index (χ1v) is 27.7. The lowest BCUT2D eigenvalue weighted by Crippen LogP contribution is -2.28. The van der Waals surface area contributed by atoms with Crippen LogP contribution >= 0.6 is 0 Å². The number of benzene rings is 10. The van der Waals surface area contributed by atoms with E-state index in [0.717, 1.165) is 69.0 Å². The third kappa shape index (κ3) is 9.25. The van der Waals surface area contributed by atoms with Gasteiger partial charge in [-0.15, -0.1) is 0 Å². The molecule has 0 aliphatic heterocycles. The number of hydrogen-bond donors (Lipinski definition) is 0. The minimum absolute atomic E-state index is 0.692. The van der Waals surface area contributed by atoms with E-state index in [1.807, 2.05) is 0 Å². The summed E-state index contributed by atoms with van der Waals surface area (Å²) in [7, 11) is 0. The number of para-hydroxylation sites is 6. The van der Waals surface area contributed by atoms with E-state index < -0.39 is 5.41 Å². The van der Waals surface area contributed by atoms with E-state index in [1.165, 1.54) is 50.1 Å². The number of fused-ring (bicyclic) bond motifs is 10. The number of aryl methyl sites for hydroxylation is 1. The van der Waals surface area contributed by atoms with Gasteiger partial charge < -0.3 is 19.6 Å². The van der Waals surface area contributed by atoms with Gasteiger partial charge in [0.2, 0.25) is 0 Å². The van der Waals surface area contributed by atoms with Crippen LogP contribution in [0.1, 0.15) is 55.0 Å². The molecule has 0 amide bonds. The summed E-state index contributed by atoms with van der Waals surface area (Å²) in [5.41, 5.74) is 22.5. The highest BCUT2D eigenvalue weighted by molar-refractivity contribution is 5.99. The Bertz CT molecular complexity index is 3860. The maximum absolute atomic E-state index is 2.52. The first-order valence-electron chi connectivity index (χ1n) is 27.7. The Kier molecular flexibility index (Phi) is 14.1. The van der Waals surface area contributed by atoms with Gasteiger partial charge in [0.1, 0.15) is 0 Å². The monoisotopic (exact) mass is 1020 g/mol. The quantitative estimate of drug-likeness (QED) is 0.0894. The summed E-state index contributed by atoms with van der Waals surface area (Å²) in [6.07, 6.45) is 16.3. The molecule has 12 rings (SSSR count). The van der Waals surface area contributed by atoms with Crippen molar-refractivity contribution in [3.63, 3.8) is 0 Å². The van der Waals surface area contributed by atoms with Gasteiger partial charge in [0, 0.05) is 69.1 Å². The molecule has 1 spiro atoms. The van der Waals surface area contributed by atoms with Gasteiger partial charge in [-0.05, 0) is 199 Å². The molecule has 4 heteroatoms. The summed E-state index contributed by atoms with van der Waals surface area (Å²) in [6, 6.07) is 91.8. The third-order valence-electron chi connectivity index (χ3n) is 15.6. The minimum atomic E-state index is -0.800. The van der Waals surface area contributed by atoms with E-state index in [-0.39, 0.29) is 0 Å². The van der Waals surface area contributed by atoms with Crippen molar-refractivity contribution in [2.75, 3.05) is 26.1 Å². The molecule has 0 N–H and O–H groups in total. The Morgan fingerprint density at radius 1 is 0.392 bits per heavy atom. The van der Waals surface area contributed by atoms with Crippen LogP contribution in [0.25, 0.3) is 22.3 Å². The summed E-state index contributed by atoms with van der Waals surface area (Å²) in [6.45, 7) is 9.38. The fraction of sp³-hybridized carbons (Fsp3) is 0.0933. The summed E-state index contributed by atoms with van der Waals surface area (Å²) >= 11 is 0. The zero-order chi connectivity index (χ0) is 53.7. The van der Waals surface area contributed by atoms with Crippen LogP contribution in [0.15, 0.2) is 297 Å². The van der Waals surface area contributed by atoms with Crippen molar-refractivity contribution in [2.45, 2.75) is 39.5 Å². The zero-order valence-corrected chi connectivity index (χ0v) is 45.4. The normalized spacial score (nSPS) is 14.2. The van der Waals surface area contributed by atoms with Crippen LogP contribution in [0.5, 0.6) is 0 Å². The van der Waals surface area contributed by atoms with Gasteiger partial charge in [-0.1, -0.05) is 177 Å². The molecule has 0 fully saturated rings. The lowest BCUT2D eigenvalue weighted by atomic mass is 9.70. The van der Waals surface area contributed by atoms with Crippen LogP contribution in [0, 0.1) is 6.92 Å². The van der Waals surface area contributed by atoms with E-state index in [1.54, 1.807) is 0 Å². The van der Waals surface area contributed by atoms with Crippen LogP contribution in [-0.2, 0) is 5.41 Å². The number of nitrogens with zero attached hydrogens (tertiary/aromatic N) is 4. The van der Waals surface area contributed by atoms with Crippen LogP contribution < -0.4 is 19.6 Å². The molecule has 0 saturated heterocycles. The number of allylic oxidation sites excluding steroid dienone is 7. The van der Waals surface area contributed by atoms with Crippen LogP contribution in [0.4, 0.5) is 56.9 Å². The molecule has 384 valence electrons. The first-order chi connectivity index (χ1) is 39.0. The van der Waals surface area contributed by atoms with E-state index >= 15 is 0 Å². The predicted molar refractivity (Wildman–Crippen MR) is 336 cm³/mol. The molecule has 10 aromatic rings. The van der Waals surface area contributed by atoms with Crippen molar-refractivity contribution < 1.29 is 0 Å². The average Bonchev–Trinajstić information content (AvgIpc) is 4.02.